The van der Waals surface area contributed by atoms with Gasteiger partial charge < -0.3 is 10.1 Å². The summed E-state index contributed by atoms with van der Waals surface area (Å²) in [4.78, 5) is 14.6. The second-order valence-electron chi connectivity index (χ2n) is 6.96. The minimum Gasteiger partial charge on any atom is -0.380 e. The molecule has 1 spiro atoms. The van der Waals surface area contributed by atoms with Gasteiger partial charge in [0.2, 0.25) is 5.91 Å². The Bertz CT molecular complexity index is 556. The maximum Gasteiger partial charge on any atom is 0.221 e. The molecule has 120 valence electrons. The monoisotopic (exact) mass is 304 g/mol. The standard InChI is InChI=1S/C16H24N4O2/c1-19-10-12(9-17-19)14-8-15(21)18-16(14)3-5-20(6-4-16)13-2-7-22-11-13/h9-10,13-14H,2-8,11H2,1H3,(H,18,21)/t13-,14-/m0/s1. The summed E-state index contributed by atoms with van der Waals surface area (Å²) >= 11 is 0. The molecule has 6 nitrogen and oxygen atoms in total. The predicted octanol–water partition coefficient (Wildman–Crippen LogP) is 0.647. The maximum absolute atomic E-state index is 12.1. The van der Waals surface area contributed by atoms with Gasteiger partial charge in [-0.25, -0.2) is 0 Å². The Morgan fingerprint density at radius 3 is 2.86 bits per heavy atom. The van der Waals surface area contributed by atoms with Crippen LogP contribution in [-0.2, 0) is 16.6 Å². The fourth-order valence-electron chi connectivity index (χ4n) is 4.43. The van der Waals surface area contributed by atoms with Gasteiger partial charge in [0.25, 0.3) is 0 Å². The van der Waals surface area contributed by atoms with Crippen LogP contribution in [0.4, 0.5) is 0 Å². The van der Waals surface area contributed by atoms with Crippen molar-refractivity contribution in [2.24, 2.45) is 7.05 Å². The van der Waals surface area contributed by atoms with E-state index in [4.69, 9.17) is 4.74 Å². The quantitative estimate of drug-likeness (QED) is 0.871. The normalized spacial score (nSPS) is 31.8. The van der Waals surface area contributed by atoms with Gasteiger partial charge in [-0.1, -0.05) is 0 Å². The summed E-state index contributed by atoms with van der Waals surface area (Å²) < 4.78 is 7.35. The minimum absolute atomic E-state index is 0.0733. The highest BCUT2D eigenvalue weighted by molar-refractivity contribution is 5.81. The van der Waals surface area contributed by atoms with E-state index in [1.165, 1.54) is 5.56 Å². The molecule has 4 rings (SSSR count). The predicted molar refractivity (Wildman–Crippen MR) is 81.5 cm³/mol. The molecule has 0 bridgehead atoms. The molecular formula is C16H24N4O2. The number of ether oxygens (including phenoxy) is 1. The Hall–Kier alpha value is -1.40. The average molecular weight is 304 g/mol. The fraction of sp³-hybridized carbons (Fsp3) is 0.750. The Morgan fingerprint density at radius 1 is 1.41 bits per heavy atom. The number of carbonyl (C=O) groups is 1. The summed E-state index contributed by atoms with van der Waals surface area (Å²) in [6, 6.07) is 0.575. The molecule has 1 amide bonds. The zero-order valence-electron chi connectivity index (χ0n) is 13.1. The SMILES string of the molecule is Cn1cc([C@@H]2CC(=O)NC23CCN([C@H]2CCOC2)CC3)cn1. The summed E-state index contributed by atoms with van der Waals surface area (Å²) in [5.74, 6) is 0.446. The van der Waals surface area contributed by atoms with E-state index in [9.17, 15) is 4.79 Å². The van der Waals surface area contributed by atoms with Gasteiger partial charge in [0.15, 0.2) is 0 Å². The van der Waals surface area contributed by atoms with Crippen molar-refractivity contribution < 1.29 is 9.53 Å². The van der Waals surface area contributed by atoms with E-state index >= 15 is 0 Å². The van der Waals surface area contributed by atoms with Gasteiger partial charge in [-0.15, -0.1) is 0 Å². The average Bonchev–Trinajstić information content (AvgIpc) is 3.21. The van der Waals surface area contributed by atoms with Crippen molar-refractivity contribution in [2.45, 2.75) is 43.2 Å². The first-order valence-electron chi connectivity index (χ1n) is 8.28. The van der Waals surface area contributed by atoms with Gasteiger partial charge in [-0.05, 0) is 24.8 Å². The lowest BCUT2D eigenvalue weighted by atomic mass is 9.75. The van der Waals surface area contributed by atoms with Crippen LogP contribution in [0.5, 0.6) is 0 Å². The van der Waals surface area contributed by atoms with Crippen LogP contribution in [0.2, 0.25) is 0 Å². The molecule has 1 aromatic heterocycles. The molecule has 0 aromatic carbocycles. The third-order valence-corrected chi connectivity index (χ3v) is 5.68. The molecule has 3 saturated heterocycles. The van der Waals surface area contributed by atoms with E-state index < -0.39 is 0 Å². The first kappa shape index (κ1) is 14.2. The molecule has 4 heterocycles. The number of likely N-dealkylation sites (tertiary alicyclic amines) is 1. The number of rotatable bonds is 2. The van der Waals surface area contributed by atoms with Crippen LogP contribution >= 0.6 is 0 Å². The van der Waals surface area contributed by atoms with E-state index in [1.807, 2.05) is 17.9 Å². The van der Waals surface area contributed by atoms with Gasteiger partial charge in [-0.3, -0.25) is 14.4 Å². The molecule has 1 aromatic rings. The highest BCUT2D eigenvalue weighted by Gasteiger charge is 2.49. The number of nitrogens with zero attached hydrogens (tertiary/aromatic N) is 3. The first-order valence-corrected chi connectivity index (χ1v) is 8.28. The maximum atomic E-state index is 12.1. The zero-order chi connectivity index (χ0) is 15.2. The van der Waals surface area contributed by atoms with Gasteiger partial charge in [0.05, 0.1) is 12.8 Å². The summed E-state index contributed by atoms with van der Waals surface area (Å²) in [6.07, 6.45) is 7.76. The number of amides is 1. The van der Waals surface area contributed by atoms with E-state index in [1.54, 1.807) is 0 Å². The second-order valence-corrected chi connectivity index (χ2v) is 6.96. The summed E-state index contributed by atoms with van der Waals surface area (Å²) in [5, 5.41) is 7.60. The van der Waals surface area contributed by atoms with Crippen molar-refractivity contribution in [1.29, 1.82) is 0 Å². The molecule has 3 fully saturated rings. The lowest BCUT2D eigenvalue weighted by Crippen LogP contribution is -2.55. The molecular weight excluding hydrogens is 280 g/mol. The smallest absolute Gasteiger partial charge is 0.221 e. The number of hydrogen-bond donors (Lipinski definition) is 1. The Morgan fingerprint density at radius 2 is 2.23 bits per heavy atom. The van der Waals surface area contributed by atoms with Gasteiger partial charge >= 0.3 is 0 Å². The van der Waals surface area contributed by atoms with Gasteiger partial charge in [-0.2, -0.15) is 5.10 Å². The number of hydrogen-bond acceptors (Lipinski definition) is 4. The lowest BCUT2D eigenvalue weighted by Gasteiger charge is -2.44. The zero-order valence-corrected chi connectivity index (χ0v) is 13.1. The van der Waals surface area contributed by atoms with Crippen LogP contribution in [0.3, 0.4) is 0 Å². The number of carbonyl (C=O) groups excluding carboxylic acids is 1. The van der Waals surface area contributed by atoms with Gasteiger partial charge in [0, 0.05) is 56.9 Å². The molecule has 0 aliphatic carbocycles. The van der Waals surface area contributed by atoms with Gasteiger partial charge in [0.1, 0.15) is 0 Å². The van der Waals surface area contributed by atoms with Crippen LogP contribution in [0, 0.1) is 0 Å². The molecule has 6 heteroatoms. The first-order chi connectivity index (χ1) is 10.7. The van der Waals surface area contributed by atoms with Crippen molar-refractivity contribution in [2.75, 3.05) is 26.3 Å². The fourth-order valence-corrected chi connectivity index (χ4v) is 4.43. The Kier molecular flexibility index (Phi) is 3.46. The van der Waals surface area contributed by atoms with E-state index in [0.717, 1.165) is 45.6 Å². The number of nitrogens with one attached hydrogen (secondary N) is 1. The molecule has 22 heavy (non-hydrogen) atoms. The van der Waals surface area contributed by atoms with Crippen molar-refractivity contribution in [3.8, 4) is 0 Å². The number of piperidine rings is 1. The number of aromatic nitrogens is 2. The molecule has 2 atom stereocenters. The molecule has 3 aliphatic heterocycles. The molecule has 1 N–H and O–H groups in total. The Labute approximate surface area is 130 Å². The van der Waals surface area contributed by atoms with Crippen molar-refractivity contribution in [3.05, 3.63) is 18.0 Å². The summed E-state index contributed by atoms with van der Waals surface area (Å²) in [6.45, 7) is 3.85. The molecule has 0 radical (unpaired) electrons. The highest BCUT2D eigenvalue weighted by atomic mass is 16.5. The molecule has 3 aliphatic rings. The summed E-state index contributed by atoms with van der Waals surface area (Å²) in [5.41, 5.74) is 1.12. The third-order valence-electron chi connectivity index (χ3n) is 5.68. The lowest BCUT2D eigenvalue weighted by molar-refractivity contribution is -0.120. The van der Waals surface area contributed by atoms with Crippen molar-refractivity contribution in [3.63, 3.8) is 0 Å². The van der Waals surface area contributed by atoms with Crippen LogP contribution in [-0.4, -0.2) is 58.5 Å². The number of aryl methyl sites for hydroxylation is 1. The molecule has 0 unspecified atom stereocenters. The van der Waals surface area contributed by atoms with Crippen LogP contribution in [0.15, 0.2) is 12.4 Å². The van der Waals surface area contributed by atoms with E-state index in [2.05, 4.69) is 21.5 Å². The van der Waals surface area contributed by atoms with Crippen molar-refractivity contribution >= 4 is 5.91 Å². The van der Waals surface area contributed by atoms with Crippen molar-refractivity contribution in [1.82, 2.24) is 20.0 Å². The van der Waals surface area contributed by atoms with E-state index in [-0.39, 0.29) is 17.4 Å². The molecule has 0 saturated carbocycles. The minimum atomic E-state index is -0.0733. The van der Waals surface area contributed by atoms with Crippen LogP contribution < -0.4 is 5.32 Å². The van der Waals surface area contributed by atoms with Crippen LogP contribution in [0.25, 0.3) is 0 Å². The highest BCUT2D eigenvalue weighted by Crippen LogP contribution is 2.43. The third kappa shape index (κ3) is 2.34. The second kappa shape index (κ2) is 5.35. The van der Waals surface area contributed by atoms with Crippen LogP contribution in [0.1, 0.15) is 37.2 Å². The summed E-state index contributed by atoms with van der Waals surface area (Å²) in [7, 11) is 1.93. The Balaban J connectivity index is 1.51. The topological polar surface area (TPSA) is 59.4 Å². The van der Waals surface area contributed by atoms with E-state index in [0.29, 0.717) is 12.5 Å². The largest absolute Gasteiger partial charge is 0.380 e.